The molecule has 0 radical (unpaired) electrons. The summed E-state index contributed by atoms with van der Waals surface area (Å²) in [5, 5.41) is 2.69. The zero-order chi connectivity index (χ0) is 31.5. The van der Waals surface area contributed by atoms with E-state index in [1.54, 1.807) is 0 Å². The number of nitrogens with zero attached hydrogens (tertiary/aromatic N) is 2. The Labute approximate surface area is 274 Å². The Morgan fingerprint density at radius 1 is 0.630 bits per heavy atom. The molecule has 1 aliphatic rings. The first kappa shape index (κ1) is 30.3. The van der Waals surface area contributed by atoms with Crippen LogP contribution in [-0.2, 0) is 11.3 Å². The summed E-state index contributed by atoms with van der Waals surface area (Å²) in [6.45, 7) is 9.69. The van der Waals surface area contributed by atoms with Crippen molar-refractivity contribution in [3.8, 4) is 11.1 Å². The van der Waals surface area contributed by atoms with Gasteiger partial charge in [0.2, 0.25) is 0 Å². The highest BCUT2D eigenvalue weighted by Crippen LogP contribution is 2.39. The van der Waals surface area contributed by atoms with Crippen LogP contribution in [0.15, 0.2) is 115 Å². The van der Waals surface area contributed by atoms with Crippen molar-refractivity contribution in [2.45, 2.75) is 65.8 Å². The van der Waals surface area contributed by atoms with E-state index in [2.05, 4.69) is 145 Å². The maximum absolute atomic E-state index is 5.42. The smallest absolute Gasteiger partial charge is 0.0542 e. The van der Waals surface area contributed by atoms with Gasteiger partial charge in [-0.15, -0.1) is 0 Å². The zero-order valence-electron chi connectivity index (χ0n) is 27.6. The lowest BCUT2D eigenvalue weighted by Crippen LogP contribution is -2.39. The maximum atomic E-state index is 5.42. The van der Waals surface area contributed by atoms with Gasteiger partial charge in [0.1, 0.15) is 0 Å². The number of hydrogen-bond donors (Lipinski definition) is 0. The number of aryl methyl sites for hydroxylation is 3. The molecule has 0 aliphatic carbocycles. The summed E-state index contributed by atoms with van der Waals surface area (Å²) < 4.78 is 7.97. The lowest BCUT2D eigenvalue weighted by molar-refractivity contribution is -0.106. The summed E-state index contributed by atoms with van der Waals surface area (Å²) in [4.78, 5) is 2.36. The van der Waals surface area contributed by atoms with Crippen LogP contribution in [0.2, 0.25) is 0 Å². The van der Waals surface area contributed by atoms with Crippen molar-refractivity contribution in [1.29, 1.82) is 0 Å². The third kappa shape index (κ3) is 6.22. The molecule has 2 heterocycles. The highest BCUT2D eigenvalue weighted by Gasteiger charge is 2.32. The molecule has 3 nitrogen and oxygen atoms in total. The van der Waals surface area contributed by atoms with Crippen LogP contribution in [0.25, 0.3) is 32.9 Å². The Bertz CT molecular complexity index is 1930. The molecule has 1 aliphatic heterocycles. The van der Waals surface area contributed by atoms with Crippen LogP contribution < -0.4 is 4.90 Å². The predicted octanol–water partition coefficient (Wildman–Crippen LogP) is 11.9. The van der Waals surface area contributed by atoms with Crippen LogP contribution in [0, 0.1) is 19.3 Å². The van der Waals surface area contributed by atoms with Gasteiger partial charge in [-0.1, -0.05) is 105 Å². The van der Waals surface area contributed by atoms with Crippen molar-refractivity contribution >= 4 is 38.9 Å². The Hall–Kier alpha value is -4.34. The molecule has 0 spiro atoms. The molecule has 0 amide bonds. The number of anilines is 3. The van der Waals surface area contributed by atoms with E-state index in [-0.39, 0.29) is 0 Å². The summed E-state index contributed by atoms with van der Waals surface area (Å²) in [5.74, 6) is 0. The molecular formula is C43H46N2O. The molecule has 1 aromatic heterocycles. The minimum atomic E-state index is 0.451. The first-order chi connectivity index (χ1) is 22.5. The maximum Gasteiger partial charge on any atom is 0.0542 e. The summed E-state index contributed by atoms with van der Waals surface area (Å²) in [6, 6.07) is 42.4. The van der Waals surface area contributed by atoms with E-state index >= 15 is 0 Å². The molecule has 7 rings (SSSR count). The number of para-hydroxylation sites is 2. The van der Waals surface area contributed by atoms with E-state index in [9.17, 15) is 0 Å². The first-order valence-corrected chi connectivity index (χ1v) is 17.1. The van der Waals surface area contributed by atoms with E-state index in [0.717, 1.165) is 31.1 Å². The van der Waals surface area contributed by atoms with Gasteiger partial charge in [0.15, 0.2) is 0 Å². The number of ether oxygens (including phenoxy) is 1. The van der Waals surface area contributed by atoms with Gasteiger partial charge in [-0.2, -0.15) is 0 Å². The molecular weight excluding hydrogens is 560 g/mol. The molecule has 234 valence electrons. The third-order valence-electron chi connectivity index (χ3n) is 9.90. The molecule has 1 saturated heterocycles. The van der Waals surface area contributed by atoms with E-state index in [1.807, 2.05) is 0 Å². The number of benzene rings is 5. The van der Waals surface area contributed by atoms with Crippen molar-refractivity contribution in [3.05, 3.63) is 126 Å². The summed E-state index contributed by atoms with van der Waals surface area (Å²) in [7, 11) is 0. The Morgan fingerprint density at radius 3 is 2.07 bits per heavy atom. The summed E-state index contributed by atoms with van der Waals surface area (Å²) >= 11 is 0. The number of aromatic nitrogens is 1. The molecule has 0 unspecified atom stereocenters. The van der Waals surface area contributed by atoms with Gasteiger partial charge in [-0.3, -0.25) is 0 Å². The second kappa shape index (κ2) is 13.2. The van der Waals surface area contributed by atoms with Crippen molar-refractivity contribution in [2.75, 3.05) is 18.1 Å². The molecule has 0 saturated carbocycles. The molecule has 0 bridgehead atoms. The van der Waals surface area contributed by atoms with Gasteiger partial charge in [-0.05, 0) is 91.9 Å². The normalized spacial score (nSPS) is 14.1. The average Bonchev–Trinajstić information content (AvgIpc) is 3.38. The monoisotopic (exact) mass is 606 g/mol. The van der Waals surface area contributed by atoms with E-state index in [0.29, 0.717) is 5.41 Å². The van der Waals surface area contributed by atoms with Gasteiger partial charge < -0.3 is 14.2 Å². The summed E-state index contributed by atoms with van der Waals surface area (Å²) in [6.07, 6.45) is 7.79. The van der Waals surface area contributed by atoms with Crippen LogP contribution in [0.5, 0.6) is 0 Å². The van der Waals surface area contributed by atoms with Gasteiger partial charge in [-0.25, -0.2) is 0 Å². The molecule has 46 heavy (non-hydrogen) atoms. The fourth-order valence-corrected chi connectivity index (χ4v) is 7.28. The van der Waals surface area contributed by atoms with Crippen LogP contribution in [0.1, 0.15) is 56.6 Å². The molecule has 1 fully saturated rings. The lowest BCUT2D eigenvalue weighted by atomic mass is 9.83. The SMILES string of the molecule is Cc1ccc(N(c2ccccc2)c2ccc(-c3ccc4c(c3)c3ccccc3n4CCCCCCCC3(C)COC3)cc2)c(C)c1. The number of fused-ring (bicyclic) bond motifs is 3. The minimum Gasteiger partial charge on any atom is -0.380 e. The molecule has 3 heteroatoms. The fraction of sp³-hybridized carbons (Fsp3) is 0.302. The highest BCUT2D eigenvalue weighted by molar-refractivity contribution is 6.09. The zero-order valence-corrected chi connectivity index (χ0v) is 27.6. The quantitative estimate of drug-likeness (QED) is 0.129. The van der Waals surface area contributed by atoms with Crippen molar-refractivity contribution in [3.63, 3.8) is 0 Å². The fourth-order valence-electron chi connectivity index (χ4n) is 7.28. The Kier molecular flexibility index (Phi) is 8.69. The van der Waals surface area contributed by atoms with Crippen molar-refractivity contribution < 1.29 is 4.74 Å². The Balaban J connectivity index is 1.11. The first-order valence-electron chi connectivity index (χ1n) is 17.1. The van der Waals surface area contributed by atoms with E-state index in [1.165, 1.54) is 88.3 Å². The Morgan fingerprint density at radius 2 is 1.30 bits per heavy atom. The number of unbranched alkanes of at least 4 members (excludes halogenated alkanes) is 4. The van der Waals surface area contributed by atoms with Gasteiger partial charge in [0, 0.05) is 50.8 Å². The van der Waals surface area contributed by atoms with Gasteiger partial charge in [0.05, 0.1) is 13.2 Å². The van der Waals surface area contributed by atoms with Crippen LogP contribution >= 0.6 is 0 Å². The molecule has 5 aromatic carbocycles. The van der Waals surface area contributed by atoms with E-state index in [4.69, 9.17) is 4.74 Å². The minimum absolute atomic E-state index is 0.451. The standard InChI is InChI=1S/C43H46N2O/c1-32-18-24-40(33(2)28-32)45(36-14-8-7-9-15-36)37-22-19-34(20-23-37)35-21-25-42-39(29-35)38-16-10-11-17-41(38)44(42)27-13-6-4-5-12-26-43(3)30-46-31-43/h7-11,14-25,28-29H,4-6,12-13,26-27,30-31H2,1-3H3. The van der Waals surface area contributed by atoms with Gasteiger partial charge >= 0.3 is 0 Å². The van der Waals surface area contributed by atoms with E-state index < -0.39 is 0 Å². The highest BCUT2D eigenvalue weighted by atomic mass is 16.5. The number of rotatable bonds is 12. The molecule has 0 N–H and O–H groups in total. The predicted molar refractivity (Wildman–Crippen MR) is 196 cm³/mol. The average molecular weight is 607 g/mol. The molecule has 6 aromatic rings. The second-order valence-electron chi connectivity index (χ2n) is 13.7. The lowest BCUT2D eigenvalue weighted by Gasteiger charge is -2.38. The van der Waals surface area contributed by atoms with Crippen LogP contribution in [0.4, 0.5) is 17.1 Å². The van der Waals surface area contributed by atoms with Crippen LogP contribution in [-0.4, -0.2) is 17.8 Å². The summed E-state index contributed by atoms with van der Waals surface area (Å²) in [5.41, 5.74) is 11.7. The van der Waals surface area contributed by atoms with Gasteiger partial charge in [0.25, 0.3) is 0 Å². The van der Waals surface area contributed by atoms with Crippen molar-refractivity contribution in [2.24, 2.45) is 5.41 Å². The second-order valence-corrected chi connectivity index (χ2v) is 13.7. The van der Waals surface area contributed by atoms with Crippen LogP contribution in [0.3, 0.4) is 0 Å². The number of hydrogen-bond acceptors (Lipinski definition) is 2. The topological polar surface area (TPSA) is 17.4 Å². The van der Waals surface area contributed by atoms with Crippen molar-refractivity contribution in [1.82, 2.24) is 4.57 Å². The third-order valence-corrected chi connectivity index (χ3v) is 9.90. The largest absolute Gasteiger partial charge is 0.380 e. The molecule has 0 atom stereocenters.